The van der Waals surface area contributed by atoms with Crippen LogP contribution in [0.2, 0.25) is 5.02 Å². The molecule has 2 unspecified atom stereocenters. The fourth-order valence-corrected chi connectivity index (χ4v) is 2.84. The molecule has 2 rings (SSSR count). The van der Waals surface area contributed by atoms with Crippen molar-refractivity contribution in [2.75, 3.05) is 13.2 Å². The third kappa shape index (κ3) is 3.73. The van der Waals surface area contributed by atoms with Gasteiger partial charge in [-0.15, -0.1) is 0 Å². The van der Waals surface area contributed by atoms with Crippen molar-refractivity contribution in [3.05, 3.63) is 34.9 Å². The molecule has 1 aliphatic rings. The van der Waals surface area contributed by atoms with Gasteiger partial charge in [-0.2, -0.15) is 0 Å². The van der Waals surface area contributed by atoms with E-state index in [9.17, 15) is 5.11 Å². The van der Waals surface area contributed by atoms with Crippen molar-refractivity contribution in [2.45, 2.75) is 50.9 Å². The van der Waals surface area contributed by atoms with Crippen LogP contribution in [0.15, 0.2) is 24.3 Å². The van der Waals surface area contributed by atoms with Gasteiger partial charge in [0.25, 0.3) is 0 Å². The van der Waals surface area contributed by atoms with Crippen molar-refractivity contribution in [2.24, 2.45) is 0 Å². The van der Waals surface area contributed by atoms with E-state index in [1.807, 2.05) is 38.1 Å². The van der Waals surface area contributed by atoms with Crippen LogP contribution in [0.1, 0.15) is 32.3 Å². The first-order chi connectivity index (χ1) is 9.57. The summed E-state index contributed by atoms with van der Waals surface area (Å²) in [4.78, 5) is 0. The number of aliphatic hydroxyl groups is 1. The molecule has 3 nitrogen and oxygen atoms in total. The number of hydrogen-bond acceptors (Lipinski definition) is 3. The molecule has 0 radical (unpaired) electrons. The molecular weight excluding hydrogens is 274 g/mol. The van der Waals surface area contributed by atoms with Crippen LogP contribution >= 0.6 is 11.6 Å². The van der Waals surface area contributed by atoms with Gasteiger partial charge in [0.05, 0.1) is 18.3 Å². The normalized spacial score (nSPS) is 23.8. The summed E-state index contributed by atoms with van der Waals surface area (Å²) in [6, 6.07) is 8.21. The number of nitrogens with one attached hydrogen (secondary N) is 1. The minimum atomic E-state index is -0.710. The Morgan fingerprint density at radius 3 is 2.45 bits per heavy atom. The summed E-state index contributed by atoms with van der Waals surface area (Å²) in [7, 11) is 0. The van der Waals surface area contributed by atoms with Crippen LogP contribution in [0.3, 0.4) is 0 Å². The van der Waals surface area contributed by atoms with E-state index < -0.39 is 5.60 Å². The molecule has 0 aliphatic carbocycles. The highest BCUT2D eigenvalue weighted by Crippen LogP contribution is 2.24. The lowest BCUT2D eigenvalue weighted by Gasteiger charge is -2.40. The van der Waals surface area contributed by atoms with Crippen molar-refractivity contribution < 1.29 is 9.84 Å². The molecule has 0 spiro atoms. The first kappa shape index (κ1) is 15.8. The van der Waals surface area contributed by atoms with Crippen LogP contribution in [0.5, 0.6) is 0 Å². The fourth-order valence-electron chi connectivity index (χ4n) is 2.71. The fraction of sp³-hybridized carbons (Fsp3) is 0.625. The SMILES string of the molecule is CCC(O)(CC)C1CNC(Cc2ccc(Cl)cc2)CO1. The summed E-state index contributed by atoms with van der Waals surface area (Å²) in [5.41, 5.74) is 0.535. The molecule has 0 bridgehead atoms. The highest BCUT2D eigenvalue weighted by Gasteiger charge is 2.37. The molecule has 0 aromatic heterocycles. The summed E-state index contributed by atoms with van der Waals surface area (Å²) in [5, 5.41) is 14.7. The zero-order valence-electron chi connectivity index (χ0n) is 12.2. The zero-order valence-corrected chi connectivity index (χ0v) is 13.0. The first-order valence-electron chi connectivity index (χ1n) is 7.39. The van der Waals surface area contributed by atoms with Crippen LogP contribution in [0, 0.1) is 0 Å². The van der Waals surface area contributed by atoms with Gasteiger partial charge in [-0.3, -0.25) is 0 Å². The number of benzene rings is 1. The molecular formula is C16H24ClNO2. The number of rotatable bonds is 5. The van der Waals surface area contributed by atoms with Gasteiger partial charge in [0, 0.05) is 17.6 Å². The topological polar surface area (TPSA) is 41.5 Å². The minimum absolute atomic E-state index is 0.112. The molecule has 0 amide bonds. The molecule has 1 aromatic rings. The largest absolute Gasteiger partial charge is 0.387 e. The summed E-state index contributed by atoms with van der Waals surface area (Å²) in [6.07, 6.45) is 2.25. The maximum Gasteiger partial charge on any atom is 0.0986 e. The van der Waals surface area contributed by atoms with E-state index >= 15 is 0 Å². The van der Waals surface area contributed by atoms with Crippen molar-refractivity contribution >= 4 is 11.6 Å². The number of ether oxygens (including phenoxy) is 1. The van der Waals surface area contributed by atoms with Crippen LogP contribution in [0.25, 0.3) is 0 Å². The van der Waals surface area contributed by atoms with Crippen LogP contribution in [0.4, 0.5) is 0 Å². The highest BCUT2D eigenvalue weighted by atomic mass is 35.5. The number of hydrogen-bond donors (Lipinski definition) is 2. The second-order valence-corrected chi connectivity index (χ2v) is 6.00. The molecule has 1 fully saturated rings. The van der Waals surface area contributed by atoms with Gasteiger partial charge in [0.1, 0.15) is 0 Å². The monoisotopic (exact) mass is 297 g/mol. The van der Waals surface area contributed by atoms with Crippen LogP contribution in [-0.4, -0.2) is 36.0 Å². The predicted molar refractivity (Wildman–Crippen MR) is 82.2 cm³/mol. The molecule has 1 heterocycles. The van der Waals surface area contributed by atoms with E-state index in [0.29, 0.717) is 19.2 Å². The van der Waals surface area contributed by atoms with E-state index in [-0.39, 0.29) is 6.10 Å². The Bertz CT molecular complexity index is 409. The van der Waals surface area contributed by atoms with Crippen LogP contribution in [-0.2, 0) is 11.2 Å². The van der Waals surface area contributed by atoms with Gasteiger partial charge in [-0.05, 0) is 37.0 Å². The summed E-state index contributed by atoms with van der Waals surface area (Å²) in [6.45, 7) is 5.35. The van der Waals surface area contributed by atoms with Crippen molar-refractivity contribution in [1.82, 2.24) is 5.32 Å². The predicted octanol–water partition coefficient (Wildman–Crippen LogP) is 2.79. The lowest BCUT2D eigenvalue weighted by atomic mass is 9.89. The molecule has 4 heteroatoms. The molecule has 1 saturated heterocycles. The van der Waals surface area contributed by atoms with E-state index in [1.165, 1.54) is 5.56 Å². The molecule has 112 valence electrons. The van der Waals surface area contributed by atoms with Crippen LogP contribution < -0.4 is 5.32 Å². The summed E-state index contributed by atoms with van der Waals surface area (Å²) < 4.78 is 5.89. The lowest BCUT2D eigenvalue weighted by molar-refractivity contribution is -0.131. The van der Waals surface area contributed by atoms with Gasteiger partial charge in [-0.25, -0.2) is 0 Å². The van der Waals surface area contributed by atoms with Gasteiger partial charge in [0.15, 0.2) is 0 Å². The van der Waals surface area contributed by atoms with Gasteiger partial charge in [0.2, 0.25) is 0 Å². The minimum Gasteiger partial charge on any atom is -0.387 e. The van der Waals surface area contributed by atoms with E-state index in [0.717, 1.165) is 24.3 Å². The lowest BCUT2D eigenvalue weighted by Crippen LogP contribution is -2.56. The molecule has 2 atom stereocenters. The Labute approximate surface area is 126 Å². The Hall–Kier alpha value is -0.610. The maximum absolute atomic E-state index is 10.5. The smallest absolute Gasteiger partial charge is 0.0986 e. The Morgan fingerprint density at radius 1 is 1.30 bits per heavy atom. The third-order valence-electron chi connectivity index (χ3n) is 4.31. The standard InChI is InChI=1S/C16H24ClNO2/c1-3-16(19,4-2)15-10-18-14(11-20-15)9-12-5-7-13(17)8-6-12/h5-8,14-15,18-19H,3-4,9-11H2,1-2H3. The van der Waals surface area contributed by atoms with Gasteiger partial charge < -0.3 is 15.2 Å². The molecule has 1 aliphatic heterocycles. The second kappa shape index (κ2) is 6.90. The van der Waals surface area contributed by atoms with Gasteiger partial charge in [-0.1, -0.05) is 37.6 Å². The average Bonchev–Trinajstić information content (AvgIpc) is 2.49. The van der Waals surface area contributed by atoms with Gasteiger partial charge >= 0.3 is 0 Å². The van der Waals surface area contributed by atoms with E-state index in [4.69, 9.17) is 16.3 Å². The first-order valence-corrected chi connectivity index (χ1v) is 7.77. The second-order valence-electron chi connectivity index (χ2n) is 5.57. The van der Waals surface area contributed by atoms with Crippen molar-refractivity contribution in [3.63, 3.8) is 0 Å². The molecule has 0 saturated carbocycles. The highest BCUT2D eigenvalue weighted by molar-refractivity contribution is 6.30. The van der Waals surface area contributed by atoms with Crippen molar-refractivity contribution in [1.29, 1.82) is 0 Å². The molecule has 1 aromatic carbocycles. The maximum atomic E-state index is 10.5. The summed E-state index contributed by atoms with van der Waals surface area (Å²) in [5.74, 6) is 0. The van der Waals surface area contributed by atoms with Crippen molar-refractivity contribution in [3.8, 4) is 0 Å². The zero-order chi connectivity index (χ0) is 14.6. The molecule has 20 heavy (non-hydrogen) atoms. The third-order valence-corrected chi connectivity index (χ3v) is 4.56. The van der Waals surface area contributed by atoms with E-state index in [1.54, 1.807) is 0 Å². The number of morpholine rings is 1. The van der Waals surface area contributed by atoms with E-state index in [2.05, 4.69) is 5.32 Å². The average molecular weight is 298 g/mol. The quantitative estimate of drug-likeness (QED) is 0.878. The Morgan fingerprint density at radius 2 is 1.95 bits per heavy atom. The molecule has 2 N–H and O–H groups in total. The Kier molecular flexibility index (Phi) is 5.44. The Balaban J connectivity index is 1.87. The summed E-state index contributed by atoms with van der Waals surface area (Å²) >= 11 is 5.89. The number of halogens is 1.